The molecule has 0 amide bonds. The summed E-state index contributed by atoms with van der Waals surface area (Å²) in [4.78, 5) is 0. The van der Waals surface area contributed by atoms with Crippen LogP contribution in [-0.4, -0.2) is 27.7 Å². The lowest BCUT2D eigenvalue weighted by atomic mass is 10.1. The molecule has 0 aliphatic rings. The Morgan fingerprint density at radius 1 is 1.08 bits per heavy atom. The van der Waals surface area contributed by atoms with Gasteiger partial charge in [0.2, 0.25) is 5.13 Å². The molecule has 0 saturated carbocycles. The molecule has 0 bridgehead atoms. The standard InChI is InChI=1S/C19H35N3S2/c1-3-4-5-6-7-8-9-10-11-12-13-15-23-16-14-18(2)21-19-22-20-17-24-19/h10-11,17-18H,3-9,12-16H2,1-2H3,(H,21,22). The second-order valence-corrected chi connectivity index (χ2v) is 8.42. The topological polar surface area (TPSA) is 37.8 Å². The summed E-state index contributed by atoms with van der Waals surface area (Å²) in [6, 6.07) is 0.475. The molecule has 0 aromatic carbocycles. The minimum absolute atomic E-state index is 0.475. The zero-order valence-corrected chi connectivity index (χ0v) is 17.1. The first-order valence-corrected chi connectivity index (χ1v) is 11.6. The van der Waals surface area contributed by atoms with E-state index in [0.29, 0.717) is 6.04 Å². The van der Waals surface area contributed by atoms with E-state index >= 15 is 0 Å². The summed E-state index contributed by atoms with van der Waals surface area (Å²) in [5.74, 6) is 2.49. The molecular formula is C19H35N3S2. The maximum Gasteiger partial charge on any atom is 0.205 e. The van der Waals surface area contributed by atoms with Gasteiger partial charge in [0.25, 0.3) is 0 Å². The van der Waals surface area contributed by atoms with Gasteiger partial charge < -0.3 is 5.32 Å². The summed E-state index contributed by atoms with van der Waals surface area (Å²) in [7, 11) is 0. The van der Waals surface area contributed by atoms with E-state index < -0.39 is 0 Å². The van der Waals surface area contributed by atoms with Crippen molar-refractivity contribution in [2.24, 2.45) is 0 Å². The maximum absolute atomic E-state index is 4.02. The summed E-state index contributed by atoms with van der Waals surface area (Å²) >= 11 is 3.63. The van der Waals surface area contributed by atoms with Crippen molar-refractivity contribution >= 4 is 28.2 Å². The largest absolute Gasteiger partial charge is 0.358 e. The molecule has 0 spiro atoms. The van der Waals surface area contributed by atoms with E-state index in [1.807, 2.05) is 0 Å². The summed E-state index contributed by atoms with van der Waals surface area (Å²) in [6.45, 7) is 4.49. The Hall–Kier alpha value is -0.550. The van der Waals surface area contributed by atoms with E-state index in [4.69, 9.17) is 0 Å². The highest BCUT2D eigenvalue weighted by atomic mass is 32.2. The van der Waals surface area contributed by atoms with Crippen LogP contribution in [-0.2, 0) is 0 Å². The van der Waals surface area contributed by atoms with E-state index in [1.165, 1.54) is 75.7 Å². The van der Waals surface area contributed by atoms with Crippen molar-refractivity contribution in [1.29, 1.82) is 0 Å². The van der Waals surface area contributed by atoms with Crippen molar-refractivity contribution in [2.75, 3.05) is 16.8 Å². The molecule has 3 nitrogen and oxygen atoms in total. The average Bonchev–Trinajstić information content (AvgIpc) is 3.08. The lowest BCUT2D eigenvalue weighted by Crippen LogP contribution is -2.15. The van der Waals surface area contributed by atoms with Crippen molar-refractivity contribution in [1.82, 2.24) is 10.2 Å². The first-order valence-electron chi connectivity index (χ1n) is 9.58. The molecule has 1 heterocycles. The average molecular weight is 370 g/mol. The van der Waals surface area contributed by atoms with Gasteiger partial charge in [0.15, 0.2) is 0 Å². The number of thioether (sulfide) groups is 1. The predicted molar refractivity (Wildman–Crippen MR) is 111 cm³/mol. The molecule has 5 heteroatoms. The van der Waals surface area contributed by atoms with Crippen molar-refractivity contribution in [2.45, 2.75) is 84.1 Å². The maximum atomic E-state index is 4.02. The number of nitrogens with zero attached hydrogens (tertiary/aromatic N) is 2. The molecule has 1 rings (SSSR count). The molecule has 1 aromatic heterocycles. The fourth-order valence-corrected chi connectivity index (χ4v) is 4.12. The van der Waals surface area contributed by atoms with Gasteiger partial charge in [0.05, 0.1) is 0 Å². The Balaban J connectivity index is 1.80. The van der Waals surface area contributed by atoms with Gasteiger partial charge in [0, 0.05) is 6.04 Å². The van der Waals surface area contributed by atoms with E-state index in [9.17, 15) is 0 Å². The number of hydrogen-bond donors (Lipinski definition) is 1. The van der Waals surface area contributed by atoms with E-state index in [1.54, 1.807) is 16.8 Å². The molecule has 1 unspecified atom stereocenters. The number of allylic oxidation sites excluding steroid dienone is 2. The van der Waals surface area contributed by atoms with Crippen LogP contribution >= 0.6 is 23.1 Å². The third-order valence-corrected chi connectivity index (χ3v) is 5.70. The molecule has 0 fully saturated rings. The smallest absolute Gasteiger partial charge is 0.205 e. The monoisotopic (exact) mass is 369 g/mol. The van der Waals surface area contributed by atoms with Crippen LogP contribution in [0, 0.1) is 0 Å². The Morgan fingerprint density at radius 3 is 2.58 bits per heavy atom. The molecule has 1 aromatic rings. The summed E-state index contributed by atoms with van der Waals surface area (Å²) in [5, 5.41) is 12.2. The Kier molecular flexibility index (Phi) is 14.3. The van der Waals surface area contributed by atoms with Crippen LogP contribution in [0.3, 0.4) is 0 Å². The Morgan fingerprint density at radius 2 is 1.83 bits per heavy atom. The number of anilines is 1. The lowest BCUT2D eigenvalue weighted by molar-refractivity contribution is 0.611. The van der Waals surface area contributed by atoms with E-state index in [-0.39, 0.29) is 0 Å². The second-order valence-electron chi connectivity index (χ2n) is 6.36. The van der Waals surface area contributed by atoms with Crippen LogP contribution in [0.25, 0.3) is 0 Å². The van der Waals surface area contributed by atoms with Crippen molar-refractivity contribution < 1.29 is 0 Å². The third kappa shape index (κ3) is 12.8. The quantitative estimate of drug-likeness (QED) is 0.265. The van der Waals surface area contributed by atoms with Gasteiger partial charge in [-0.15, -0.1) is 10.2 Å². The summed E-state index contributed by atoms with van der Waals surface area (Å²) in [5.41, 5.74) is 1.77. The minimum atomic E-state index is 0.475. The lowest BCUT2D eigenvalue weighted by Gasteiger charge is -2.11. The SMILES string of the molecule is CCCCCCCCC=CCCCSCCC(C)Nc1nncs1. The summed E-state index contributed by atoms with van der Waals surface area (Å²) in [6.07, 6.45) is 18.1. The fourth-order valence-electron chi connectivity index (χ4n) is 2.46. The molecule has 24 heavy (non-hydrogen) atoms. The highest BCUT2D eigenvalue weighted by molar-refractivity contribution is 7.99. The van der Waals surface area contributed by atoms with Crippen LogP contribution in [0.2, 0.25) is 0 Å². The van der Waals surface area contributed by atoms with Gasteiger partial charge >= 0.3 is 0 Å². The molecule has 138 valence electrons. The number of nitrogens with one attached hydrogen (secondary N) is 1. The third-order valence-electron chi connectivity index (χ3n) is 3.98. The second kappa shape index (κ2) is 15.9. The van der Waals surface area contributed by atoms with Gasteiger partial charge in [0.1, 0.15) is 5.51 Å². The van der Waals surface area contributed by atoms with Gasteiger partial charge in [-0.3, -0.25) is 0 Å². The highest BCUT2D eigenvalue weighted by Crippen LogP contribution is 2.14. The first kappa shape index (κ1) is 21.5. The Bertz CT molecular complexity index is 393. The molecular weight excluding hydrogens is 334 g/mol. The fraction of sp³-hybridized carbons (Fsp3) is 0.789. The highest BCUT2D eigenvalue weighted by Gasteiger charge is 2.03. The zero-order chi connectivity index (χ0) is 17.3. The zero-order valence-electron chi connectivity index (χ0n) is 15.5. The normalized spacial score (nSPS) is 12.8. The van der Waals surface area contributed by atoms with Crippen molar-refractivity contribution in [3.63, 3.8) is 0 Å². The van der Waals surface area contributed by atoms with Gasteiger partial charge in [-0.25, -0.2) is 0 Å². The van der Waals surface area contributed by atoms with E-state index in [0.717, 1.165) is 5.13 Å². The molecule has 1 N–H and O–H groups in total. The molecule has 0 aliphatic heterocycles. The van der Waals surface area contributed by atoms with Crippen molar-refractivity contribution in [3.05, 3.63) is 17.7 Å². The van der Waals surface area contributed by atoms with Gasteiger partial charge in [-0.05, 0) is 50.5 Å². The first-order chi connectivity index (χ1) is 11.8. The van der Waals surface area contributed by atoms with Crippen LogP contribution < -0.4 is 5.32 Å². The predicted octanol–water partition coefficient (Wildman–Crippen LogP) is 6.55. The van der Waals surface area contributed by atoms with Crippen LogP contribution in [0.5, 0.6) is 0 Å². The molecule has 0 saturated heterocycles. The molecule has 1 atom stereocenters. The van der Waals surface area contributed by atoms with Gasteiger partial charge in [-0.2, -0.15) is 11.8 Å². The molecule has 0 aliphatic carbocycles. The number of unbranched alkanes of at least 4 members (excludes halogenated alkanes) is 7. The van der Waals surface area contributed by atoms with Crippen LogP contribution in [0.4, 0.5) is 5.13 Å². The number of aromatic nitrogens is 2. The number of rotatable bonds is 16. The van der Waals surface area contributed by atoms with E-state index in [2.05, 4.69) is 53.3 Å². The Labute approximate surface area is 157 Å². The van der Waals surface area contributed by atoms with Gasteiger partial charge in [-0.1, -0.05) is 62.5 Å². The van der Waals surface area contributed by atoms with Crippen LogP contribution in [0.15, 0.2) is 17.7 Å². The number of hydrogen-bond acceptors (Lipinski definition) is 5. The minimum Gasteiger partial charge on any atom is -0.358 e. The van der Waals surface area contributed by atoms with Crippen LogP contribution in [0.1, 0.15) is 78.1 Å². The summed E-state index contributed by atoms with van der Waals surface area (Å²) < 4.78 is 0. The van der Waals surface area contributed by atoms with Crippen molar-refractivity contribution in [3.8, 4) is 0 Å². The molecule has 0 radical (unpaired) electrons.